The molecule has 1 aromatic heterocycles. The molecular weight excluding hydrogens is 229 g/mol. The molecule has 0 saturated heterocycles. The van der Waals surface area contributed by atoms with E-state index >= 15 is 0 Å². The van der Waals surface area contributed by atoms with Crippen molar-refractivity contribution in [3.05, 3.63) is 58.8 Å². The molecule has 3 heteroatoms. The molecule has 2 rings (SSSR count). The Hall–Kier alpha value is -1.61. The van der Waals surface area contributed by atoms with Crippen LogP contribution in [0.2, 0.25) is 0 Å². The fourth-order valence-electron chi connectivity index (χ4n) is 2.41. The highest BCUT2D eigenvalue weighted by atomic mass is 19.1. The lowest BCUT2D eigenvalue weighted by molar-refractivity contribution is 0.551. The van der Waals surface area contributed by atoms with E-state index < -0.39 is 0 Å². The van der Waals surface area contributed by atoms with Gasteiger partial charge in [-0.05, 0) is 55.3 Å². The Morgan fingerprint density at radius 2 is 1.94 bits per heavy atom. The van der Waals surface area contributed by atoms with Crippen LogP contribution in [0.25, 0.3) is 0 Å². The molecule has 0 aliphatic heterocycles. The van der Waals surface area contributed by atoms with Crippen molar-refractivity contribution >= 4 is 0 Å². The summed E-state index contributed by atoms with van der Waals surface area (Å²) in [6, 6.07) is 5.14. The van der Waals surface area contributed by atoms with E-state index in [2.05, 4.69) is 12.2 Å². The fourth-order valence-corrected chi connectivity index (χ4v) is 2.41. The third kappa shape index (κ3) is 2.46. The van der Waals surface area contributed by atoms with Gasteiger partial charge < -0.3 is 9.73 Å². The summed E-state index contributed by atoms with van der Waals surface area (Å²) in [6.07, 6.45) is 3.39. The number of benzene rings is 1. The minimum atomic E-state index is -0.184. The maximum atomic E-state index is 13.4. The third-order valence-corrected chi connectivity index (χ3v) is 3.13. The zero-order valence-corrected chi connectivity index (χ0v) is 11.0. The average molecular weight is 247 g/mol. The molecular formula is C15H18FNO. The van der Waals surface area contributed by atoms with Crippen LogP contribution in [0.3, 0.4) is 0 Å². The summed E-state index contributed by atoms with van der Waals surface area (Å²) in [7, 11) is 0. The molecule has 0 aliphatic carbocycles. The first kappa shape index (κ1) is 12.8. The topological polar surface area (TPSA) is 25.2 Å². The first-order valence-corrected chi connectivity index (χ1v) is 6.15. The van der Waals surface area contributed by atoms with E-state index in [0.717, 1.165) is 28.8 Å². The summed E-state index contributed by atoms with van der Waals surface area (Å²) in [5.41, 5.74) is 4.11. The van der Waals surface area contributed by atoms with E-state index in [0.29, 0.717) is 0 Å². The number of furan rings is 1. The van der Waals surface area contributed by atoms with E-state index in [1.165, 1.54) is 0 Å². The highest BCUT2D eigenvalue weighted by Crippen LogP contribution is 2.28. The van der Waals surface area contributed by atoms with Gasteiger partial charge in [-0.2, -0.15) is 0 Å². The van der Waals surface area contributed by atoms with Gasteiger partial charge in [0.15, 0.2) is 0 Å². The Kier molecular flexibility index (Phi) is 3.82. The van der Waals surface area contributed by atoms with Gasteiger partial charge in [-0.1, -0.05) is 6.92 Å². The summed E-state index contributed by atoms with van der Waals surface area (Å²) < 4.78 is 18.5. The van der Waals surface area contributed by atoms with E-state index in [-0.39, 0.29) is 11.9 Å². The summed E-state index contributed by atoms with van der Waals surface area (Å²) in [4.78, 5) is 0. The average Bonchev–Trinajstić information content (AvgIpc) is 2.79. The van der Waals surface area contributed by atoms with E-state index in [4.69, 9.17) is 4.42 Å². The molecule has 1 heterocycles. The van der Waals surface area contributed by atoms with Crippen molar-refractivity contribution in [1.29, 1.82) is 0 Å². The second-order valence-electron chi connectivity index (χ2n) is 4.50. The standard InChI is InChI=1S/C15H18FNO/c1-4-17-15(12-5-6-18-9-12)14-10(2)7-13(16)8-11(14)3/h5-9,15,17H,4H2,1-3H3. The van der Waals surface area contributed by atoms with Gasteiger partial charge in [0, 0.05) is 5.56 Å². The van der Waals surface area contributed by atoms with Gasteiger partial charge in [-0.25, -0.2) is 4.39 Å². The van der Waals surface area contributed by atoms with Crippen molar-refractivity contribution in [2.45, 2.75) is 26.8 Å². The SMILES string of the molecule is CCNC(c1ccoc1)c1c(C)cc(F)cc1C. The molecule has 0 radical (unpaired) electrons. The van der Waals surface area contributed by atoms with Crippen LogP contribution in [-0.2, 0) is 0 Å². The minimum absolute atomic E-state index is 0.0503. The highest BCUT2D eigenvalue weighted by Gasteiger charge is 2.19. The van der Waals surface area contributed by atoms with Crippen molar-refractivity contribution in [1.82, 2.24) is 5.32 Å². The molecule has 1 unspecified atom stereocenters. The van der Waals surface area contributed by atoms with Gasteiger partial charge in [0.1, 0.15) is 5.82 Å². The molecule has 0 fully saturated rings. The van der Waals surface area contributed by atoms with E-state index in [1.54, 1.807) is 24.7 Å². The number of rotatable bonds is 4. The summed E-state index contributed by atoms with van der Waals surface area (Å²) >= 11 is 0. The van der Waals surface area contributed by atoms with Gasteiger partial charge in [-0.15, -0.1) is 0 Å². The van der Waals surface area contributed by atoms with Crippen LogP contribution in [0, 0.1) is 19.7 Å². The Bertz CT molecular complexity index is 496. The molecule has 2 nitrogen and oxygen atoms in total. The summed E-state index contributed by atoms with van der Waals surface area (Å²) in [6.45, 7) is 6.78. The molecule has 0 bridgehead atoms. The Labute approximate surface area is 107 Å². The van der Waals surface area contributed by atoms with Gasteiger partial charge >= 0.3 is 0 Å². The Morgan fingerprint density at radius 1 is 1.28 bits per heavy atom. The number of hydrogen-bond acceptors (Lipinski definition) is 2. The molecule has 2 aromatic rings. The Morgan fingerprint density at radius 3 is 2.44 bits per heavy atom. The molecule has 1 aromatic carbocycles. The predicted octanol–water partition coefficient (Wildman–Crippen LogP) is 3.73. The van der Waals surface area contributed by atoms with Gasteiger partial charge in [0.05, 0.1) is 18.6 Å². The van der Waals surface area contributed by atoms with Crippen LogP contribution in [0.5, 0.6) is 0 Å². The first-order chi connectivity index (χ1) is 8.63. The lowest BCUT2D eigenvalue weighted by Gasteiger charge is -2.21. The zero-order chi connectivity index (χ0) is 13.1. The van der Waals surface area contributed by atoms with Crippen LogP contribution >= 0.6 is 0 Å². The van der Waals surface area contributed by atoms with Gasteiger partial charge in [0.25, 0.3) is 0 Å². The third-order valence-electron chi connectivity index (χ3n) is 3.13. The van der Waals surface area contributed by atoms with Crippen molar-refractivity contribution in [3.63, 3.8) is 0 Å². The predicted molar refractivity (Wildman–Crippen MR) is 70.1 cm³/mol. The van der Waals surface area contributed by atoms with Crippen LogP contribution in [0.1, 0.15) is 35.2 Å². The molecule has 0 saturated carbocycles. The maximum absolute atomic E-state index is 13.4. The van der Waals surface area contributed by atoms with Crippen LogP contribution in [-0.4, -0.2) is 6.54 Å². The smallest absolute Gasteiger partial charge is 0.123 e. The first-order valence-electron chi connectivity index (χ1n) is 6.15. The molecule has 18 heavy (non-hydrogen) atoms. The maximum Gasteiger partial charge on any atom is 0.123 e. The van der Waals surface area contributed by atoms with Gasteiger partial charge in [0.2, 0.25) is 0 Å². The monoisotopic (exact) mass is 247 g/mol. The van der Waals surface area contributed by atoms with Crippen LogP contribution < -0.4 is 5.32 Å². The normalized spacial score (nSPS) is 12.7. The number of hydrogen-bond donors (Lipinski definition) is 1. The molecule has 1 atom stereocenters. The molecule has 0 spiro atoms. The number of aryl methyl sites for hydroxylation is 2. The largest absolute Gasteiger partial charge is 0.472 e. The van der Waals surface area contributed by atoms with E-state index in [9.17, 15) is 4.39 Å². The van der Waals surface area contributed by atoms with E-state index in [1.807, 2.05) is 19.9 Å². The van der Waals surface area contributed by atoms with Crippen molar-refractivity contribution in [2.75, 3.05) is 6.54 Å². The van der Waals surface area contributed by atoms with Crippen molar-refractivity contribution in [2.24, 2.45) is 0 Å². The van der Waals surface area contributed by atoms with Crippen LogP contribution in [0.4, 0.5) is 4.39 Å². The lowest BCUT2D eigenvalue weighted by Crippen LogP contribution is -2.23. The number of nitrogens with one attached hydrogen (secondary N) is 1. The highest BCUT2D eigenvalue weighted by molar-refractivity contribution is 5.41. The second-order valence-corrected chi connectivity index (χ2v) is 4.50. The molecule has 1 N–H and O–H groups in total. The number of halogens is 1. The fraction of sp³-hybridized carbons (Fsp3) is 0.333. The van der Waals surface area contributed by atoms with Crippen molar-refractivity contribution in [3.8, 4) is 0 Å². The van der Waals surface area contributed by atoms with Crippen LogP contribution in [0.15, 0.2) is 35.1 Å². The quantitative estimate of drug-likeness (QED) is 0.890. The molecule has 0 amide bonds. The molecule has 96 valence electrons. The minimum Gasteiger partial charge on any atom is -0.472 e. The molecule has 0 aliphatic rings. The second kappa shape index (κ2) is 5.36. The Balaban J connectivity index is 2.49. The lowest BCUT2D eigenvalue weighted by atomic mass is 9.92. The summed E-state index contributed by atoms with van der Waals surface area (Å²) in [5, 5.41) is 3.42. The van der Waals surface area contributed by atoms with Crippen molar-refractivity contribution < 1.29 is 8.81 Å². The summed E-state index contributed by atoms with van der Waals surface area (Å²) in [5.74, 6) is -0.184. The van der Waals surface area contributed by atoms with Gasteiger partial charge in [-0.3, -0.25) is 0 Å². The zero-order valence-electron chi connectivity index (χ0n) is 11.0.